The maximum Gasteiger partial charge on any atom is 0.319 e. The molecule has 140 valence electrons. The first-order valence-corrected chi connectivity index (χ1v) is 9.59. The number of benzene rings is 2. The molecule has 6 nitrogen and oxygen atoms in total. The van der Waals surface area contributed by atoms with E-state index in [2.05, 4.69) is 32.7 Å². The first-order chi connectivity index (χ1) is 13.8. The van der Waals surface area contributed by atoms with E-state index >= 15 is 0 Å². The SMILES string of the molecule is O=C(NCc1cnco1)Nc1ccc(-c2ncc(Cc3ccccc3)s2)cc1. The summed E-state index contributed by atoms with van der Waals surface area (Å²) >= 11 is 1.68. The van der Waals surface area contributed by atoms with Crippen LogP contribution in [-0.4, -0.2) is 16.0 Å². The summed E-state index contributed by atoms with van der Waals surface area (Å²) in [6.07, 6.45) is 5.70. The van der Waals surface area contributed by atoms with E-state index in [9.17, 15) is 4.79 Å². The largest absolute Gasteiger partial charge is 0.447 e. The Balaban J connectivity index is 1.34. The summed E-state index contributed by atoms with van der Waals surface area (Å²) in [5.74, 6) is 0.598. The molecule has 7 heteroatoms. The molecule has 0 atom stereocenters. The lowest BCUT2D eigenvalue weighted by Gasteiger charge is -2.06. The molecular formula is C21H18N4O2S. The Morgan fingerprint density at radius 1 is 1.04 bits per heavy atom. The number of hydrogen-bond donors (Lipinski definition) is 2. The third-order valence-electron chi connectivity index (χ3n) is 4.07. The van der Waals surface area contributed by atoms with E-state index in [-0.39, 0.29) is 12.6 Å². The zero-order chi connectivity index (χ0) is 19.2. The summed E-state index contributed by atoms with van der Waals surface area (Å²) in [4.78, 5) is 21.5. The summed E-state index contributed by atoms with van der Waals surface area (Å²) in [5.41, 5.74) is 3.01. The maximum absolute atomic E-state index is 11.9. The van der Waals surface area contributed by atoms with Crippen molar-refractivity contribution in [2.75, 3.05) is 5.32 Å². The lowest BCUT2D eigenvalue weighted by atomic mass is 10.1. The highest BCUT2D eigenvalue weighted by atomic mass is 32.1. The Labute approximate surface area is 166 Å². The van der Waals surface area contributed by atoms with Crippen molar-refractivity contribution in [1.82, 2.24) is 15.3 Å². The van der Waals surface area contributed by atoms with Gasteiger partial charge in [0.05, 0.1) is 12.7 Å². The van der Waals surface area contributed by atoms with Gasteiger partial charge in [0.15, 0.2) is 6.39 Å². The van der Waals surface area contributed by atoms with E-state index in [4.69, 9.17) is 4.42 Å². The van der Waals surface area contributed by atoms with E-state index in [1.807, 2.05) is 48.7 Å². The van der Waals surface area contributed by atoms with Gasteiger partial charge in [0.25, 0.3) is 0 Å². The molecule has 0 aliphatic heterocycles. The van der Waals surface area contributed by atoms with Gasteiger partial charge >= 0.3 is 6.03 Å². The molecule has 0 aliphatic rings. The molecule has 2 amide bonds. The van der Waals surface area contributed by atoms with Crippen LogP contribution in [0.5, 0.6) is 0 Å². The molecule has 0 radical (unpaired) electrons. The van der Waals surface area contributed by atoms with Gasteiger partial charge in [0.1, 0.15) is 10.8 Å². The predicted octanol–water partition coefficient (Wildman–Crippen LogP) is 4.71. The summed E-state index contributed by atoms with van der Waals surface area (Å²) in [7, 11) is 0. The molecule has 0 unspecified atom stereocenters. The number of nitrogens with one attached hydrogen (secondary N) is 2. The molecule has 0 fully saturated rings. The number of thiazole rings is 1. The van der Waals surface area contributed by atoms with Gasteiger partial charge in [-0.3, -0.25) is 0 Å². The minimum Gasteiger partial charge on any atom is -0.447 e. The normalized spacial score (nSPS) is 10.6. The maximum atomic E-state index is 11.9. The van der Waals surface area contributed by atoms with Crippen LogP contribution in [0.3, 0.4) is 0 Å². The number of carbonyl (C=O) groups is 1. The van der Waals surface area contributed by atoms with Gasteiger partial charge in [-0.2, -0.15) is 0 Å². The quantitative estimate of drug-likeness (QED) is 0.500. The molecule has 28 heavy (non-hydrogen) atoms. The fourth-order valence-corrected chi connectivity index (χ4v) is 3.64. The summed E-state index contributed by atoms with van der Waals surface area (Å²) in [6, 6.07) is 17.7. The van der Waals surface area contributed by atoms with Crippen molar-refractivity contribution in [3.63, 3.8) is 0 Å². The van der Waals surface area contributed by atoms with Crippen molar-refractivity contribution in [2.24, 2.45) is 0 Å². The van der Waals surface area contributed by atoms with Crippen LogP contribution in [0.2, 0.25) is 0 Å². The molecule has 2 aromatic heterocycles. The third-order valence-corrected chi connectivity index (χ3v) is 5.12. The molecule has 0 saturated heterocycles. The van der Waals surface area contributed by atoms with Gasteiger partial charge < -0.3 is 15.1 Å². The number of aromatic nitrogens is 2. The zero-order valence-electron chi connectivity index (χ0n) is 15.0. The number of rotatable bonds is 6. The molecule has 2 aromatic carbocycles. The van der Waals surface area contributed by atoms with Crippen LogP contribution in [-0.2, 0) is 13.0 Å². The molecule has 0 spiro atoms. The number of carbonyl (C=O) groups excluding carboxylic acids is 1. The van der Waals surface area contributed by atoms with Crippen molar-refractivity contribution < 1.29 is 9.21 Å². The number of amides is 2. The highest BCUT2D eigenvalue weighted by Crippen LogP contribution is 2.27. The monoisotopic (exact) mass is 390 g/mol. The van der Waals surface area contributed by atoms with Gasteiger partial charge in [0, 0.05) is 28.7 Å². The van der Waals surface area contributed by atoms with Crippen LogP contribution < -0.4 is 10.6 Å². The number of urea groups is 1. The van der Waals surface area contributed by atoms with Crippen LogP contribution >= 0.6 is 11.3 Å². The highest BCUT2D eigenvalue weighted by Gasteiger charge is 2.07. The molecule has 0 bridgehead atoms. The standard InChI is InChI=1S/C21H18N4O2S/c26-21(24-12-18-11-22-14-27-18)25-17-8-6-16(7-9-17)20-23-13-19(28-20)10-15-4-2-1-3-5-15/h1-9,11,13-14H,10,12H2,(H2,24,25,26). The summed E-state index contributed by atoms with van der Waals surface area (Å²) in [6.45, 7) is 0.285. The van der Waals surface area contributed by atoms with E-state index in [0.717, 1.165) is 17.0 Å². The van der Waals surface area contributed by atoms with Crippen molar-refractivity contribution in [3.8, 4) is 10.6 Å². The minimum atomic E-state index is -0.302. The van der Waals surface area contributed by atoms with Crippen LogP contribution in [0, 0.1) is 0 Å². The molecule has 2 heterocycles. The fraction of sp³-hybridized carbons (Fsp3) is 0.0952. The average molecular weight is 390 g/mol. The first-order valence-electron chi connectivity index (χ1n) is 8.77. The Morgan fingerprint density at radius 3 is 2.61 bits per heavy atom. The van der Waals surface area contributed by atoms with Gasteiger partial charge in [-0.25, -0.2) is 14.8 Å². The lowest BCUT2D eigenvalue weighted by molar-refractivity contribution is 0.251. The first kappa shape index (κ1) is 17.9. The smallest absolute Gasteiger partial charge is 0.319 e. The lowest BCUT2D eigenvalue weighted by Crippen LogP contribution is -2.27. The molecule has 0 aliphatic carbocycles. The molecule has 0 saturated carbocycles. The molecule has 4 aromatic rings. The Hall–Kier alpha value is -3.45. The fourth-order valence-electron chi connectivity index (χ4n) is 2.69. The van der Waals surface area contributed by atoms with Gasteiger partial charge in [0.2, 0.25) is 0 Å². The van der Waals surface area contributed by atoms with Crippen molar-refractivity contribution in [3.05, 3.63) is 89.6 Å². The summed E-state index contributed by atoms with van der Waals surface area (Å²) < 4.78 is 5.08. The minimum absolute atomic E-state index is 0.285. The Morgan fingerprint density at radius 2 is 1.86 bits per heavy atom. The van der Waals surface area contributed by atoms with Crippen LogP contribution in [0.15, 0.2) is 77.8 Å². The Kier molecular flexibility index (Phi) is 5.44. The van der Waals surface area contributed by atoms with E-state index < -0.39 is 0 Å². The van der Waals surface area contributed by atoms with Crippen molar-refractivity contribution in [1.29, 1.82) is 0 Å². The third kappa shape index (κ3) is 4.63. The van der Waals surface area contributed by atoms with E-state index in [1.54, 1.807) is 17.5 Å². The van der Waals surface area contributed by atoms with Gasteiger partial charge in [-0.1, -0.05) is 30.3 Å². The zero-order valence-corrected chi connectivity index (χ0v) is 15.8. The van der Waals surface area contributed by atoms with E-state index in [0.29, 0.717) is 11.4 Å². The second kappa shape index (κ2) is 8.49. The number of nitrogens with zero attached hydrogens (tertiary/aromatic N) is 2. The number of hydrogen-bond acceptors (Lipinski definition) is 5. The van der Waals surface area contributed by atoms with E-state index in [1.165, 1.54) is 16.8 Å². The van der Waals surface area contributed by atoms with Gasteiger partial charge in [-0.05, 0) is 29.8 Å². The van der Waals surface area contributed by atoms with Crippen molar-refractivity contribution >= 4 is 23.1 Å². The predicted molar refractivity (Wildman–Crippen MR) is 109 cm³/mol. The highest BCUT2D eigenvalue weighted by molar-refractivity contribution is 7.15. The molecular weight excluding hydrogens is 372 g/mol. The average Bonchev–Trinajstić information content (AvgIpc) is 3.40. The number of oxazole rings is 1. The Bertz CT molecular complexity index is 1030. The van der Waals surface area contributed by atoms with Crippen LogP contribution in [0.4, 0.5) is 10.5 Å². The van der Waals surface area contributed by atoms with Crippen LogP contribution in [0.1, 0.15) is 16.2 Å². The second-order valence-corrected chi connectivity index (χ2v) is 7.26. The van der Waals surface area contributed by atoms with Crippen LogP contribution in [0.25, 0.3) is 10.6 Å². The molecule has 2 N–H and O–H groups in total. The van der Waals surface area contributed by atoms with Crippen molar-refractivity contribution in [2.45, 2.75) is 13.0 Å². The number of anilines is 1. The topological polar surface area (TPSA) is 80.0 Å². The summed E-state index contributed by atoms with van der Waals surface area (Å²) in [5, 5.41) is 6.47. The molecule has 4 rings (SSSR count). The van der Waals surface area contributed by atoms with Gasteiger partial charge in [-0.15, -0.1) is 11.3 Å². The second-order valence-electron chi connectivity index (χ2n) is 6.15.